The second kappa shape index (κ2) is 10.3. The van der Waals surface area contributed by atoms with Crippen LogP contribution in [-0.4, -0.2) is 13.1 Å². The molecule has 2 aromatic rings. The number of unbranched alkanes of at least 4 members (excludes halogenated alkanes) is 3. The average Bonchev–Trinajstić information content (AvgIpc) is 2.80. The third kappa shape index (κ3) is 5.00. The molecular formula is C28H36F2O2. The van der Waals surface area contributed by atoms with Gasteiger partial charge in [-0.05, 0) is 84.9 Å². The Kier molecular flexibility index (Phi) is 7.48. The fraction of sp³-hybridized carbons (Fsp3) is 0.607. The number of halogens is 2. The first-order valence-electron chi connectivity index (χ1n) is 12.5. The molecule has 32 heavy (non-hydrogen) atoms. The molecule has 2 fully saturated rings. The van der Waals surface area contributed by atoms with E-state index in [0.717, 1.165) is 36.2 Å². The Morgan fingerprint density at radius 1 is 0.938 bits per heavy atom. The predicted molar refractivity (Wildman–Crippen MR) is 125 cm³/mol. The zero-order chi connectivity index (χ0) is 22.7. The number of hydrogen-bond acceptors (Lipinski definition) is 2. The van der Waals surface area contributed by atoms with E-state index >= 15 is 0 Å². The number of methoxy groups -OCH3 is 1. The number of carbonyl (C=O) groups is 1. The van der Waals surface area contributed by atoms with Crippen molar-refractivity contribution in [3.05, 3.63) is 47.0 Å². The standard InChI is InChI=1S/C28H36F2O2/c1-3-4-5-6-7-18-8-9-20-13-21(11-10-19(20)12-18)22-14-23-16-27(30)25(28(31)32-2)17-24(23)26(29)15-22/h14-21H,3-13H2,1-2H3/t18?,19-,20+,21?/m0/s1. The highest BCUT2D eigenvalue weighted by Gasteiger charge is 2.36. The first-order valence-corrected chi connectivity index (χ1v) is 12.5. The van der Waals surface area contributed by atoms with Crippen molar-refractivity contribution in [2.24, 2.45) is 17.8 Å². The van der Waals surface area contributed by atoms with Gasteiger partial charge in [-0.25, -0.2) is 13.6 Å². The first-order chi connectivity index (χ1) is 15.5. The van der Waals surface area contributed by atoms with Gasteiger partial charge in [0.2, 0.25) is 0 Å². The number of rotatable bonds is 7. The van der Waals surface area contributed by atoms with Crippen molar-refractivity contribution in [1.82, 2.24) is 0 Å². The van der Waals surface area contributed by atoms with E-state index in [1.54, 1.807) is 6.07 Å². The Bertz CT molecular complexity index is 954. The molecule has 0 N–H and O–H groups in total. The largest absolute Gasteiger partial charge is 0.465 e. The van der Waals surface area contributed by atoms with Gasteiger partial charge < -0.3 is 4.74 Å². The molecule has 4 atom stereocenters. The van der Waals surface area contributed by atoms with Crippen molar-refractivity contribution in [1.29, 1.82) is 0 Å². The molecule has 2 unspecified atom stereocenters. The minimum Gasteiger partial charge on any atom is -0.465 e. The number of hydrogen-bond donors (Lipinski definition) is 0. The molecule has 2 nitrogen and oxygen atoms in total. The van der Waals surface area contributed by atoms with Crippen molar-refractivity contribution >= 4 is 16.7 Å². The first kappa shape index (κ1) is 23.2. The van der Waals surface area contributed by atoms with Gasteiger partial charge in [0, 0.05) is 5.39 Å². The number of esters is 1. The molecule has 0 saturated heterocycles. The number of benzene rings is 2. The minimum absolute atomic E-state index is 0.224. The fourth-order valence-electron chi connectivity index (χ4n) is 6.27. The van der Waals surface area contributed by atoms with Gasteiger partial charge in [0.25, 0.3) is 0 Å². The van der Waals surface area contributed by atoms with Crippen molar-refractivity contribution in [2.45, 2.75) is 83.5 Å². The van der Waals surface area contributed by atoms with Gasteiger partial charge in [0.15, 0.2) is 0 Å². The SMILES string of the molecule is CCCCCCC1CC[C@@H]2CC(c3cc(F)c4cc(C(=O)OC)c(F)cc4c3)CC[C@H]2C1. The molecule has 2 aromatic carbocycles. The average molecular weight is 443 g/mol. The summed E-state index contributed by atoms with van der Waals surface area (Å²) in [7, 11) is 1.20. The number of ether oxygens (including phenoxy) is 1. The third-order valence-corrected chi connectivity index (χ3v) is 8.08. The molecule has 2 aliphatic rings. The Morgan fingerprint density at radius 2 is 1.72 bits per heavy atom. The molecule has 0 radical (unpaired) electrons. The van der Waals surface area contributed by atoms with Gasteiger partial charge in [-0.3, -0.25) is 0 Å². The summed E-state index contributed by atoms with van der Waals surface area (Å²) in [5, 5.41) is 0.788. The molecule has 0 amide bonds. The quantitative estimate of drug-likeness (QED) is 0.319. The zero-order valence-corrected chi connectivity index (χ0v) is 19.5. The van der Waals surface area contributed by atoms with Crippen molar-refractivity contribution in [3.63, 3.8) is 0 Å². The summed E-state index contributed by atoms with van der Waals surface area (Å²) >= 11 is 0. The van der Waals surface area contributed by atoms with Crippen molar-refractivity contribution in [2.75, 3.05) is 7.11 Å². The van der Waals surface area contributed by atoms with Crippen LogP contribution in [0.5, 0.6) is 0 Å². The van der Waals surface area contributed by atoms with E-state index in [2.05, 4.69) is 11.7 Å². The molecule has 174 valence electrons. The topological polar surface area (TPSA) is 26.3 Å². The van der Waals surface area contributed by atoms with E-state index < -0.39 is 11.8 Å². The lowest BCUT2D eigenvalue weighted by molar-refractivity contribution is 0.0595. The summed E-state index contributed by atoms with van der Waals surface area (Å²) in [6.07, 6.45) is 14.2. The lowest BCUT2D eigenvalue weighted by Crippen LogP contribution is -2.30. The summed E-state index contributed by atoms with van der Waals surface area (Å²) in [4.78, 5) is 11.8. The Morgan fingerprint density at radius 3 is 2.50 bits per heavy atom. The van der Waals surface area contributed by atoms with Gasteiger partial charge in [0.1, 0.15) is 11.6 Å². The Hall–Kier alpha value is -1.97. The van der Waals surface area contributed by atoms with Crippen LogP contribution in [0.1, 0.15) is 99.4 Å². The summed E-state index contributed by atoms with van der Waals surface area (Å²) in [5.74, 6) is 0.948. The van der Waals surface area contributed by atoms with Gasteiger partial charge >= 0.3 is 5.97 Å². The van der Waals surface area contributed by atoms with Crippen LogP contribution in [0.2, 0.25) is 0 Å². The molecule has 0 aromatic heterocycles. The lowest BCUT2D eigenvalue weighted by atomic mass is 9.63. The second-order valence-corrected chi connectivity index (χ2v) is 10.1. The van der Waals surface area contributed by atoms with Crippen LogP contribution >= 0.6 is 0 Å². The van der Waals surface area contributed by atoms with E-state index in [1.807, 2.05) is 6.07 Å². The highest BCUT2D eigenvalue weighted by atomic mass is 19.1. The van der Waals surface area contributed by atoms with Crippen LogP contribution in [0.3, 0.4) is 0 Å². The highest BCUT2D eigenvalue weighted by Crippen LogP contribution is 2.48. The summed E-state index contributed by atoms with van der Waals surface area (Å²) in [5.41, 5.74) is 0.749. The van der Waals surface area contributed by atoms with Gasteiger partial charge in [-0.2, -0.15) is 0 Å². The van der Waals surface area contributed by atoms with E-state index in [0.29, 0.717) is 11.3 Å². The van der Waals surface area contributed by atoms with Crippen molar-refractivity contribution < 1.29 is 18.3 Å². The monoisotopic (exact) mass is 442 g/mol. The van der Waals surface area contributed by atoms with Crippen LogP contribution in [0.15, 0.2) is 24.3 Å². The number of fused-ring (bicyclic) bond motifs is 2. The third-order valence-electron chi connectivity index (χ3n) is 8.08. The minimum atomic E-state index is -0.785. The smallest absolute Gasteiger partial charge is 0.340 e. The second-order valence-electron chi connectivity index (χ2n) is 10.1. The zero-order valence-electron chi connectivity index (χ0n) is 19.5. The van der Waals surface area contributed by atoms with E-state index in [-0.39, 0.29) is 16.8 Å². The van der Waals surface area contributed by atoms with Crippen LogP contribution in [-0.2, 0) is 4.74 Å². The maximum Gasteiger partial charge on any atom is 0.340 e. The maximum absolute atomic E-state index is 15.0. The maximum atomic E-state index is 15.0. The normalized spacial score (nSPS) is 25.5. The van der Waals surface area contributed by atoms with Crippen LogP contribution in [0, 0.1) is 29.4 Å². The van der Waals surface area contributed by atoms with Crippen molar-refractivity contribution in [3.8, 4) is 0 Å². The Balaban J connectivity index is 1.44. The molecular weight excluding hydrogens is 406 g/mol. The van der Waals surface area contributed by atoms with E-state index in [4.69, 9.17) is 0 Å². The van der Waals surface area contributed by atoms with Gasteiger partial charge in [-0.1, -0.05) is 51.5 Å². The van der Waals surface area contributed by atoms with Crippen LogP contribution in [0.25, 0.3) is 10.8 Å². The molecule has 0 bridgehead atoms. The summed E-state index contributed by atoms with van der Waals surface area (Å²) in [6, 6.07) is 6.07. The fourth-order valence-corrected chi connectivity index (χ4v) is 6.27. The predicted octanol–water partition coefficient (Wildman–Crippen LogP) is 8.18. The van der Waals surface area contributed by atoms with E-state index in [9.17, 15) is 13.6 Å². The lowest BCUT2D eigenvalue weighted by Gasteiger charge is -2.42. The summed E-state index contributed by atoms with van der Waals surface area (Å²) in [6.45, 7) is 2.27. The van der Waals surface area contributed by atoms with E-state index in [1.165, 1.54) is 77.0 Å². The van der Waals surface area contributed by atoms with Gasteiger partial charge in [0.05, 0.1) is 12.7 Å². The Labute approximate surface area is 190 Å². The summed E-state index contributed by atoms with van der Waals surface area (Å²) < 4.78 is 34.0. The molecule has 2 saturated carbocycles. The molecule has 0 aliphatic heterocycles. The number of carbonyl (C=O) groups excluding carboxylic acids is 1. The van der Waals surface area contributed by atoms with Gasteiger partial charge in [-0.15, -0.1) is 0 Å². The highest BCUT2D eigenvalue weighted by molar-refractivity contribution is 5.96. The molecule has 4 rings (SSSR count). The molecule has 4 heteroatoms. The van der Waals surface area contributed by atoms with Crippen LogP contribution in [0.4, 0.5) is 8.78 Å². The van der Waals surface area contributed by atoms with Crippen LogP contribution < -0.4 is 0 Å². The molecule has 0 heterocycles. The molecule has 0 spiro atoms. The molecule has 2 aliphatic carbocycles.